The van der Waals surface area contributed by atoms with Crippen molar-refractivity contribution in [1.29, 1.82) is 0 Å². The van der Waals surface area contributed by atoms with Gasteiger partial charge in [-0.3, -0.25) is 0 Å². The van der Waals surface area contributed by atoms with Crippen molar-refractivity contribution in [2.45, 2.75) is 32.2 Å². The van der Waals surface area contributed by atoms with Gasteiger partial charge in [0.2, 0.25) is 0 Å². The van der Waals surface area contributed by atoms with Crippen LogP contribution in [-0.2, 0) is 5.41 Å². The second-order valence-electron chi connectivity index (χ2n) is 4.81. The molecule has 0 spiro atoms. The molecule has 0 saturated carbocycles. The van der Waals surface area contributed by atoms with E-state index in [4.69, 9.17) is 10.8 Å². The van der Waals surface area contributed by atoms with Crippen LogP contribution in [-0.4, -0.2) is 16.8 Å². The number of aromatic hydroxyl groups is 1. The predicted octanol–water partition coefficient (Wildman–Crippen LogP) is 1.68. The van der Waals surface area contributed by atoms with Crippen LogP contribution in [0.15, 0.2) is 18.2 Å². The molecule has 0 aliphatic heterocycles. The molecular weight excluding hydrogens is 190 g/mol. The van der Waals surface area contributed by atoms with E-state index in [0.29, 0.717) is 5.56 Å². The first-order chi connectivity index (χ1) is 6.86. The maximum atomic E-state index is 9.61. The summed E-state index contributed by atoms with van der Waals surface area (Å²) in [4.78, 5) is 0. The Morgan fingerprint density at radius 3 is 2.40 bits per heavy atom. The fourth-order valence-corrected chi connectivity index (χ4v) is 1.42. The molecule has 3 heteroatoms. The van der Waals surface area contributed by atoms with E-state index >= 15 is 0 Å². The molecule has 0 bridgehead atoms. The van der Waals surface area contributed by atoms with E-state index in [0.717, 1.165) is 5.56 Å². The van der Waals surface area contributed by atoms with Crippen molar-refractivity contribution < 1.29 is 10.2 Å². The van der Waals surface area contributed by atoms with E-state index in [1.54, 1.807) is 6.07 Å². The fraction of sp³-hybridized carbons (Fsp3) is 0.500. The van der Waals surface area contributed by atoms with Gasteiger partial charge in [-0.25, -0.2) is 0 Å². The zero-order chi connectivity index (χ0) is 11.6. The van der Waals surface area contributed by atoms with Gasteiger partial charge in [0.15, 0.2) is 0 Å². The molecule has 0 aromatic heterocycles. The van der Waals surface area contributed by atoms with Crippen LogP contribution < -0.4 is 5.73 Å². The summed E-state index contributed by atoms with van der Waals surface area (Å²) in [6, 6.07) is 4.84. The average Bonchev–Trinajstić information content (AvgIpc) is 2.15. The van der Waals surface area contributed by atoms with Gasteiger partial charge in [-0.05, 0) is 23.1 Å². The fourth-order valence-electron chi connectivity index (χ4n) is 1.42. The standard InChI is InChI=1S/C12H19NO2/c1-12(2,3)8-4-5-11(15)9(6-8)10(13)7-14/h4-6,10,14-15H,7,13H2,1-3H3. The Balaban J connectivity index is 3.17. The van der Waals surface area contributed by atoms with E-state index in [-0.39, 0.29) is 17.8 Å². The van der Waals surface area contributed by atoms with E-state index in [1.807, 2.05) is 12.1 Å². The van der Waals surface area contributed by atoms with Gasteiger partial charge in [0.05, 0.1) is 12.6 Å². The van der Waals surface area contributed by atoms with Crippen LogP contribution in [0.1, 0.15) is 37.9 Å². The normalized spacial score (nSPS) is 13.9. The highest BCUT2D eigenvalue weighted by molar-refractivity contribution is 5.40. The molecule has 0 aliphatic rings. The summed E-state index contributed by atoms with van der Waals surface area (Å²) in [6.45, 7) is 6.11. The molecule has 1 aromatic carbocycles. The second kappa shape index (κ2) is 4.21. The third-order valence-electron chi connectivity index (χ3n) is 2.49. The SMILES string of the molecule is CC(C)(C)c1ccc(O)c(C(N)CO)c1. The minimum atomic E-state index is -0.521. The third kappa shape index (κ3) is 2.70. The molecule has 1 aromatic rings. The quantitative estimate of drug-likeness (QED) is 0.694. The Hall–Kier alpha value is -1.06. The molecule has 3 nitrogen and oxygen atoms in total. The van der Waals surface area contributed by atoms with Crippen molar-refractivity contribution in [3.05, 3.63) is 29.3 Å². The van der Waals surface area contributed by atoms with Gasteiger partial charge in [-0.2, -0.15) is 0 Å². The van der Waals surface area contributed by atoms with Crippen LogP contribution in [0.2, 0.25) is 0 Å². The minimum absolute atomic E-state index is 0.0115. The number of aliphatic hydroxyl groups excluding tert-OH is 1. The second-order valence-corrected chi connectivity index (χ2v) is 4.81. The summed E-state index contributed by atoms with van der Waals surface area (Å²) in [5.74, 6) is 0.143. The van der Waals surface area contributed by atoms with Crippen LogP contribution in [0.4, 0.5) is 0 Å². The van der Waals surface area contributed by atoms with Gasteiger partial charge < -0.3 is 15.9 Å². The molecule has 0 saturated heterocycles. The Bertz CT molecular complexity index is 342. The first-order valence-electron chi connectivity index (χ1n) is 5.06. The molecule has 1 unspecified atom stereocenters. The Morgan fingerprint density at radius 1 is 1.33 bits per heavy atom. The zero-order valence-electron chi connectivity index (χ0n) is 9.49. The number of aliphatic hydroxyl groups is 1. The van der Waals surface area contributed by atoms with E-state index in [1.165, 1.54) is 0 Å². The summed E-state index contributed by atoms with van der Waals surface area (Å²) >= 11 is 0. The summed E-state index contributed by atoms with van der Waals surface area (Å²) in [7, 11) is 0. The molecule has 4 N–H and O–H groups in total. The highest BCUT2D eigenvalue weighted by atomic mass is 16.3. The van der Waals surface area contributed by atoms with Crippen molar-refractivity contribution >= 4 is 0 Å². The number of phenols is 1. The van der Waals surface area contributed by atoms with Gasteiger partial charge in [0, 0.05) is 5.56 Å². The van der Waals surface area contributed by atoms with Crippen LogP contribution in [0.3, 0.4) is 0 Å². The summed E-state index contributed by atoms with van der Waals surface area (Å²) < 4.78 is 0. The lowest BCUT2D eigenvalue weighted by Gasteiger charge is -2.21. The molecule has 0 aliphatic carbocycles. The Kier molecular flexibility index (Phi) is 3.37. The van der Waals surface area contributed by atoms with Gasteiger partial charge >= 0.3 is 0 Å². The lowest BCUT2D eigenvalue weighted by atomic mass is 9.85. The molecule has 0 amide bonds. The van der Waals surface area contributed by atoms with Crippen molar-refractivity contribution in [2.75, 3.05) is 6.61 Å². The maximum Gasteiger partial charge on any atom is 0.120 e. The highest BCUT2D eigenvalue weighted by Crippen LogP contribution is 2.29. The van der Waals surface area contributed by atoms with Crippen molar-refractivity contribution in [3.63, 3.8) is 0 Å². The molecule has 15 heavy (non-hydrogen) atoms. The summed E-state index contributed by atoms with van der Waals surface area (Å²) in [5.41, 5.74) is 7.41. The minimum Gasteiger partial charge on any atom is -0.508 e. The van der Waals surface area contributed by atoms with Gasteiger partial charge in [-0.15, -0.1) is 0 Å². The number of benzene rings is 1. The smallest absolute Gasteiger partial charge is 0.120 e. The van der Waals surface area contributed by atoms with Gasteiger partial charge in [-0.1, -0.05) is 26.8 Å². The van der Waals surface area contributed by atoms with Gasteiger partial charge in [0.1, 0.15) is 5.75 Å². The van der Waals surface area contributed by atoms with E-state index in [2.05, 4.69) is 20.8 Å². The summed E-state index contributed by atoms with van der Waals surface area (Å²) in [5, 5.41) is 18.6. The lowest BCUT2D eigenvalue weighted by Crippen LogP contribution is -2.17. The van der Waals surface area contributed by atoms with Crippen molar-refractivity contribution in [3.8, 4) is 5.75 Å². The first-order valence-corrected chi connectivity index (χ1v) is 5.06. The lowest BCUT2D eigenvalue weighted by molar-refractivity contribution is 0.265. The van der Waals surface area contributed by atoms with Crippen LogP contribution in [0.5, 0.6) is 5.75 Å². The predicted molar refractivity (Wildman–Crippen MR) is 60.8 cm³/mol. The average molecular weight is 209 g/mol. The number of phenolic OH excluding ortho intramolecular Hbond substituents is 1. The Labute approximate surface area is 90.5 Å². The van der Waals surface area contributed by atoms with E-state index < -0.39 is 6.04 Å². The van der Waals surface area contributed by atoms with Crippen LogP contribution in [0, 0.1) is 0 Å². The zero-order valence-corrected chi connectivity index (χ0v) is 9.49. The van der Waals surface area contributed by atoms with Gasteiger partial charge in [0.25, 0.3) is 0 Å². The number of rotatable bonds is 2. The monoisotopic (exact) mass is 209 g/mol. The number of hydrogen-bond acceptors (Lipinski definition) is 3. The molecule has 0 fully saturated rings. The number of nitrogens with two attached hydrogens (primary N) is 1. The highest BCUT2D eigenvalue weighted by Gasteiger charge is 2.17. The molecule has 84 valence electrons. The van der Waals surface area contributed by atoms with Crippen molar-refractivity contribution in [2.24, 2.45) is 5.73 Å². The molecule has 1 rings (SSSR count). The summed E-state index contributed by atoms with van der Waals surface area (Å²) in [6.07, 6.45) is 0. The van der Waals surface area contributed by atoms with Crippen LogP contribution >= 0.6 is 0 Å². The largest absolute Gasteiger partial charge is 0.508 e. The van der Waals surface area contributed by atoms with Crippen LogP contribution in [0.25, 0.3) is 0 Å². The van der Waals surface area contributed by atoms with E-state index in [9.17, 15) is 5.11 Å². The number of hydrogen-bond donors (Lipinski definition) is 3. The first kappa shape index (κ1) is 12.0. The molecular formula is C12H19NO2. The molecule has 0 radical (unpaired) electrons. The molecule has 1 atom stereocenters. The Morgan fingerprint density at radius 2 is 1.93 bits per heavy atom. The maximum absolute atomic E-state index is 9.61. The van der Waals surface area contributed by atoms with Crippen molar-refractivity contribution in [1.82, 2.24) is 0 Å². The topological polar surface area (TPSA) is 66.5 Å². The third-order valence-corrected chi connectivity index (χ3v) is 2.49. The molecule has 0 heterocycles.